The summed E-state index contributed by atoms with van der Waals surface area (Å²) in [5, 5.41) is 23.0. The summed E-state index contributed by atoms with van der Waals surface area (Å²) < 4.78 is 4.91. The van der Waals surface area contributed by atoms with E-state index in [9.17, 15) is 10.1 Å². The lowest BCUT2D eigenvalue weighted by Gasteiger charge is -2.23. The summed E-state index contributed by atoms with van der Waals surface area (Å²) in [4.78, 5) is 13.7. The summed E-state index contributed by atoms with van der Waals surface area (Å²) in [5.41, 5.74) is 4.66. The number of nitro benzene ring substituents is 1. The monoisotopic (exact) mass is 381 g/mol. The molecule has 0 unspecified atom stereocenters. The highest BCUT2D eigenvalue weighted by Gasteiger charge is 2.28. The van der Waals surface area contributed by atoms with Gasteiger partial charge in [0.15, 0.2) is 5.52 Å². The number of rotatable bonds is 4. The SMILES string of the molecule is Cc1ccc(C)c(Nc2cc(N3CCCCCC3)c3nonc3c2[N+](=O)[O-])c1. The number of nitrogens with zero attached hydrogens (tertiary/aromatic N) is 4. The van der Waals surface area contributed by atoms with Gasteiger partial charge in [0.05, 0.1) is 10.6 Å². The van der Waals surface area contributed by atoms with Gasteiger partial charge in [-0.1, -0.05) is 25.0 Å². The molecule has 1 aliphatic heterocycles. The highest BCUT2D eigenvalue weighted by Crippen LogP contribution is 2.40. The highest BCUT2D eigenvalue weighted by atomic mass is 16.6. The Bertz CT molecular complexity index is 1020. The molecule has 1 saturated heterocycles. The standard InChI is InChI=1S/C20H23N5O3/c1-13-7-8-14(2)15(11-13)21-16-12-17(24-9-5-3-4-6-10-24)18-19(23-28-22-18)20(16)25(26)27/h7-8,11-12,21H,3-6,9-10H2,1-2H3. The van der Waals surface area contributed by atoms with Crippen molar-refractivity contribution in [3.8, 4) is 0 Å². The topological polar surface area (TPSA) is 97.3 Å². The zero-order chi connectivity index (χ0) is 19.7. The Morgan fingerprint density at radius 3 is 2.46 bits per heavy atom. The average molecular weight is 381 g/mol. The number of anilines is 3. The van der Waals surface area contributed by atoms with Crippen LogP contribution in [0.15, 0.2) is 28.9 Å². The maximum atomic E-state index is 11.9. The van der Waals surface area contributed by atoms with E-state index in [1.54, 1.807) is 0 Å². The number of hydrogen-bond donors (Lipinski definition) is 1. The van der Waals surface area contributed by atoms with Crippen molar-refractivity contribution in [2.75, 3.05) is 23.3 Å². The van der Waals surface area contributed by atoms with Crippen molar-refractivity contribution < 1.29 is 9.55 Å². The molecule has 28 heavy (non-hydrogen) atoms. The fourth-order valence-electron chi connectivity index (χ4n) is 3.76. The molecule has 1 aliphatic rings. The largest absolute Gasteiger partial charge is 0.370 e. The van der Waals surface area contributed by atoms with Crippen LogP contribution in [0.2, 0.25) is 0 Å². The maximum Gasteiger partial charge on any atom is 0.324 e. The van der Waals surface area contributed by atoms with Crippen LogP contribution in [-0.4, -0.2) is 28.3 Å². The molecule has 0 spiro atoms. The molecule has 1 fully saturated rings. The average Bonchev–Trinajstić information content (AvgIpc) is 2.98. The van der Waals surface area contributed by atoms with Gasteiger partial charge >= 0.3 is 5.69 Å². The Kier molecular flexibility index (Phi) is 4.85. The molecule has 0 atom stereocenters. The van der Waals surface area contributed by atoms with Crippen LogP contribution >= 0.6 is 0 Å². The predicted octanol–water partition coefficient (Wildman–Crippen LogP) is 4.87. The van der Waals surface area contributed by atoms with Gasteiger partial charge in [0.1, 0.15) is 5.69 Å². The fraction of sp³-hybridized carbons (Fsp3) is 0.400. The Labute approximate surface area is 162 Å². The van der Waals surface area contributed by atoms with Gasteiger partial charge in [0, 0.05) is 18.8 Å². The van der Waals surface area contributed by atoms with Gasteiger partial charge in [-0.3, -0.25) is 10.1 Å². The molecule has 0 aliphatic carbocycles. The van der Waals surface area contributed by atoms with Crippen LogP contribution < -0.4 is 10.2 Å². The third-order valence-electron chi connectivity index (χ3n) is 5.28. The summed E-state index contributed by atoms with van der Waals surface area (Å²) in [6.45, 7) is 5.75. The second-order valence-electron chi connectivity index (χ2n) is 7.36. The van der Waals surface area contributed by atoms with Crippen molar-refractivity contribution >= 4 is 33.8 Å². The lowest BCUT2D eigenvalue weighted by Crippen LogP contribution is -2.24. The third-order valence-corrected chi connectivity index (χ3v) is 5.28. The van der Waals surface area contributed by atoms with E-state index in [-0.39, 0.29) is 11.2 Å². The number of aryl methyl sites for hydroxylation is 2. The smallest absolute Gasteiger partial charge is 0.324 e. The number of fused-ring (bicyclic) bond motifs is 1. The van der Waals surface area contributed by atoms with Crippen LogP contribution in [0.3, 0.4) is 0 Å². The molecule has 2 heterocycles. The number of benzene rings is 2. The van der Waals surface area contributed by atoms with Crippen molar-refractivity contribution in [3.63, 3.8) is 0 Å². The zero-order valence-corrected chi connectivity index (χ0v) is 16.1. The fourth-order valence-corrected chi connectivity index (χ4v) is 3.76. The molecule has 3 aromatic rings. The quantitative estimate of drug-likeness (QED) is 0.508. The maximum absolute atomic E-state index is 11.9. The Hall–Kier alpha value is -3.16. The first-order chi connectivity index (χ1) is 13.5. The van der Waals surface area contributed by atoms with Gasteiger partial charge in [-0.25, -0.2) is 4.63 Å². The summed E-state index contributed by atoms with van der Waals surface area (Å²) >= 11 is 0. The Morgan fingerprint density at radius 2 is 1.75 bits per heavy atom. The predicted molar refractivity (Wildman–Crippen MR) is 108 cm³/mol. The van der Waals surface area contributed by atoms with Crippen LogP contribution in [0.4, 0.5) is 22.7 Å². The molecule has 1 N–H and O–H groups in total. The van der Waals surface area contributed by atoms with Gasteiger partial charge in [-0.2, -0.15) is 0 Å². The molecular formula is C20H23N5O3. The Balaban J connectivity index is 1.87. The molecular weight excluding hydrogens is 358 g/mol. The number of aromatic nitrogens is 2. The minimum atomic E-state index is -0.424. The van der Waals surface area contributed by atoms with Crippen molar-refractivity contribution in [3.05, 3.63) is 45.5 Å². The first-order valence-corrected chi connectivity index (χ1v) is 9.57. The number of nitro groups is 1. The van der Waals surface area contributed by atoms with Crippen LogP contribution in [-0.2, 0) is 0 Å². The van der Waals surface area contributed by atoms with Gasteiger partial charge in [-0.15, -0.1) is 0 Å². The van der Waals surface area contributed by atoms with Crippen LogP contribution in [0.5, 0.6) is 0 Å². The first-order valence-electron chi connectivity index (χ1n) is 9.57. The van der Waals surface area contributed by atoms with E-state index in [0.29, 0.717) is 11.2 Å². The molecule has 1 aromatic heterocycles. The summed E-state index contributed by atoms with van der Waals surface area (Å²) in [6, 6.07) is 7.81. The third kappa shape index (κ3) is 3.37. The van der Waals surface area contributed by atoms with Crippen LogP contribution in [0.25, 0.3) is 11.0 Å². The molecule has 0 radical (unpaired) electrons. The minimum absolute atomic E-state index is 0.115. The van der Waals surface area contributed by atoms with E-state index in [1.807, 2.05) is 38.1 Å². The van der Waals surface area contributed by atoms with Crippen molar-refractivity contribution in [2.24, 2.45) is 0 Å². The van der Waals surface area contributed by atoms with Gasteiger partial charge in [-0.05, 0) is 60.3 Å². The lowest BCUT2D eigenvalue weighted by molar-refractivity contribution is -0.382. The van der Waals surface area contributed by atoms with Crippen LogP contribution in [0.1, 0.15) is 36.8 Å². The first kappa shape index (κ1) is 18.2. The molecule has 8 heteroatoms. The molecule has 4 rings (SSSR count). The van der Waals surface area contributed by atoms with Crippen molar-refractivity contribution in [1.29, 1.82) is 0 Å². The van der Waals surface area contributed by atoms with Crippen LogP contribution in [0, 0.1) is 24.0 Å². The van der Waals surface area contributed by atoms with Crippen molar-refractivity contribution in [1.82, 2.24) is 10.3 Å². The minimum Gasteiger partial charge on any atom is -0.370 e. The second kappa shape index (κ2) is 7.46. The van der Waals surface area contributed by atoms with E-state index in [2.05, 4.69) is 20.5 Å². The van der Waals surface area contributed by atoms with E-state index in [4.69, 9.17) is 4.63 Å². The number of nitrogens with one attached hydrogen (secondary N) is 1. The van der Waals surface area contributed by atoms with E-state index in [1.165, 1.54) is 12.8 Å². The van der Waals surface area contributed by atoms with E-state index in [0.717, 1.165) is 48.4 Å². The number of hydrogen-bond acceptors (Lipinski definition) is 7. The van der Waals surface area contributed by atoms with Crippen molar-refractivity contribution in [2.45, 2.75) is 39.5 Å². The molecule has 8 nitrogen and oxygen atoms in total. The van der Waals surface area contributed by atoms with E-state index < -0.39 is 4.92 Å². The highest BCUT2D eigenvalue weighted by molar-refractivity contribution is 6.00. The molecule has 146 valence electrons. The molecule has 0 bridgehead atoms. The molecule has 0 amide bonds. The normalized spacial score (nSPS) is 14.9. The lowest BCUT2D eigenvalue weighted by atomic mass is 10.1. The van der Waals surface area contributed by atoms with Gasteiger partial charge < -0.3 is 10.2 Å². The second-order valence-corrected chi connectivity index (χ2v) is 7.36. The summed E-state index contributed by atoms with van der Waals surface area (Å²) in [6.07, 6.45) is 4.56. The molecule has 0 saturated carbocycles. The Morgan fingerprint density at radius 1 is 1.04 bits per heavy atom. The molecule has 2 aromatic carbocycles. The van der Waals surface area contributed by atoms with E-state index >= 15 is 0 Å². The summed E-state index contributed by atoms with van der Waals surface area (Å²) in [7, 11) is 0. The zero-order valence-electron chi connectivity index (χ0n) is 16.1. The van der Waals surface area contributed by atoms with Gasteiger partial charge in [0.2, 0.25) is 5.52 Å². The van der Waals surface area contributed by atoms with Gasteiger partial charge in [0.25, 0.3) is 0 Å². The summed E-state index contributed by atoms with van der Waals surface area (Å²) in [5.74, 6) is 0.